The summed E-state index contributed by atoms with van der Waals surface area (Å²) in [6.07, 6.45) is 3.79. The predicted molar refractivity (Wildman–Crippen MR) is 130 cm³/mol. The average molecular weight is 491 g/mol. The maximum absolute atomic E-state index is 12.7. The standard InChI is InChI=1S/C22H26N4O3S3/c1-5-14-9-13(10-30-14)19-24-25-22(26(19)3)31-11-17(27)23-20-18(21(28)29-4)15-7-6-12(2)8-16(15)32-20/h9-10,12H,5-8,11H2,1-4H3,(H,23,27). The minimum absolute atomic E-state index is 0.176. The molecule has 0 saturated heterocycles. The summed E-state index contributed by atoms with van der Waals surface area (Å²) in [6, 6.07) is 2.13. The Hall–Kier alpha value is -2.17. The first-order valence-corrected chi connectivity index (χ1v) is 13.2. The van der Waals surface area contributed by atoms with E-state index in [1.807, 2.05) is 11.6 Å². The number of anilines is 1. The number of carbonyl (C=O) groups is 2. The number of nitrogens with one attached hydrogen (secondary N) is 1. The molecule has 0 aliphatic heterocycles. The Morgan fingerprint density at radius 2 is 2.19 bits per heavy atom. The summed E-state index contributed by atoms with van der Waals surface area (Å²) < 4.78 is 6.91. The number of amides is 1. The van der Waals surface area contributed by atoms with Crippen LogP contribution in [0.25, 0.3) is 11.4 Å². The number of esters is 1. The van der Waals surface area contributed by atoms with Crippen molar-refractivity contribution in [2.24, 2.45) is 13.0 Å². The van der Waals surface area contributed by atoms with Gasteiger partial charge in [-0.2, -0.15) is 0 Å². The van der Waals surface area contributed by atoms with E-state index in [2.05, 4.69) is 40.8 Å². The van der Waals surface area contributed by atoms with Gasteiger partial charge >= 0.3 is 5.97 Å². The molecule has 1 atom stereocenters. The fraction of sp³-hybridized carbons (Fsp3) is 0.455. The normalized spacial score (nSPS) is 15.4. The van der Waals surface area contributed by atoms with Gasteiger partial charge in [0.1, 0.15) is 5.00 Å². The van der Waals surface area contributed by atoms with Crippen LogP contribution in [0.3, 0.4) is 0 Å². The number of ether oxygens (including phenoxy) is 1. The molecule has 0 spiro atoms. The van der Waals surface area contributed by atoms with Gasteiger partial charge in [-0.1, -0.05) is 25.6 Å². The molecule has 0 bridgehead atoms. The highest BCUT2D eigenvalue weighted by molar-refractivity contribution is 7.99. The maximum Gasteiger partial charge on any atom is 0.341 e. The molecule has 1 amide bonds. The zero-order valence-corrected chi connectivity index (χ0v) is 21.0. The molecule has 0 aromatic carbocycles. The Morgan fingerprint density at radius 1 is 1.38 bits per heavy atom. The first-order chi connectivity index (χ1) is 15.4. The van der Waals surface area contributed by atoms with Crippen LogP contribution in [0.15, 0.2) is 16.6 Å². The van der Waals surface area contributed by atoms with Crippen LogP contribution in [0.4, 0.5) is 5.00 Å². The molecule has 3 heterocycles. The Morgan fingerprint density at radius 3 is 2.91 bits per heavy atom. The molecule has 32 heavy (non-hydrogen) atoms. The smallest absolute Gasteiger partial charge is 0.341 e. The summed E-state index contributed by atoms with van der Waals surface area (Å²) in [6.45, 7) is 4.34. The van der Waals surface area contributed by atoms with Gasteiger partial charge < -0.3 is 14.6 Å². The van der Waals surface area contributed by atoms with E-state index >= 15 is 0 Å². The predicted octanol–water partition coefficient (Wildman–Crippen LogP) is 4.81. The molecule has 1 aliphatic rings. The summed E-state index contributed by atoms with van der Waals surface area (Å²) in [5.41, 5.74) is 2.59. The second-order valence-corrected chi connectivity index (χ2v) is 10.9. The molecule has 1 unspecified atom stereocenters. The van der Waals surface area contributed by atoms with Crippen molar-refractivity contribution in [1.29, 1.82) is 0 Å². The second-order valence-electron chi connectivity index (χ2n) is 7.90. The number of rotatable bonds is 7. The summed E-state index contributed by atoms with van der Waals surface area (Å²) in [4.78, 5) is 27.6. The Labute approximate surface area is 199 Å². The molecule has 0 radical (unpaired) electrons. The van der Waals surface area contributed by atoms with Gasteiger partial charge in [-0.15, -0.1) is 32.9 Å². The SMILES string of the molecule is CCc1cc(-c2nnc(SCC(=O)Nc3sc4c(c3C(=O)OC)CCC(C)C4)n2C)cs1. The van der Waals surface area contributed by atoms with Crippen LogP contribution in [-0.2, 0) is 35.8 Å². The van der Waals surface area contributed by atoms with Gasteiger partial charge in [0, 0.05) is 27.7 Å². The number of aromatic nitrogens is 3. The lowest BCUT2D eigenvalue weighted by Crippen LogP contribution is -2.17. The fourth-order valence-electron chi connectivity index (χ4n) is 3.82. The van der Waals surface area contributed by atoms with Crippen molar-refractivity contribution in [2.75, 3.05) is 18.2 Å². The fourth-order valence-corrected chi connectivity index (χ4v) is 6.76. The molecular weight excluding hydrogens is 464 g/mol. The quantitative estimate of drug-likeness (QED) is 0.378. The van der Waals surface area contributed by atoms with Gasteiger partial charge in [-0.25, -0.2) is 4.79 Å². The molecule has 3 aromatic rings. The summed E-state index contributed by atoms with van der Waals surface area (Å²) >= 11 is 4.53. The van der Waals surface area contributed by atoms with Gasteiger partial charge in [0.25, 0.3) is 0 Å². The molecule has 10 heteroatoms. The number of methoxy groups -OCH3 is 1. The number of nitrogens with zero attached hydrogens (tertiary/aromatic N) is 3. The van der Waals surface area contributed by atoms with Gasteiger partial charge in [0.15, 0.2) is 11.0 Å². The highest BCUT2D eigenvalue weighted by Crippen LogP contribution is 2.40. The molecule has 0 fully saturated rings. The Kier molecular flexibility index (Phi) is 7.02. The van der Waals surface area contributed by atoms with Crippen molar-refractivity contribution >= 4 is 51.3 Å². The van der Waals surface area contributed by atoms with Gasteiger partial charge in [0.2, 0.25) is 5.91 Å². The first kappa shape index (κ1) is 23.0. The summed E-state index contributed by atoms with van der Waals surface area (Å²) in [5, 5.41) is 14.8. The Balaban J connectivity index is 1.45. The summed E-state index contributed by atoms with van der Waals surface area (Å²) in [5.74, 6) is 0.972. The number of aryl methyl sites for hydroxylation is 1. The Bertz CT molecular complexity index is 1150. The van der Waals surface area contributed by atoms with Crippen LogP contribution >= 0.6 is 34.4 Å². The van der Waals surface area contributed by atoms with Crippen LogP contribution in [-0.4, -0.2) is 39.5 Å². The van der Waals surface area contributed by atoms with E-state index < -0.39 is 0 Å². The lowest BCUT2D eigenvalue weighted by Gasteiger charge is -2.18. The van der Waals surface area contributed by atoms with Crippen molar-refractivity contribution in [1.82, 2.24) is 14.8 Å². The lowest BCUT2D eigenvalue weighted by molar-refractivity contribution is -0.113. The lowest BCUT2D eigenvalue weighted by atomic mass is 9.88. The molecule has 1 N–H and O–H groups in total. The number of fused-ring (bicyclic) bond motifs is 1. The number of hydrogen-bond acceptors (Lipinski definition) is 8. The number of thioether (sulfide) groups is 1. The molecule has 1 aliphatic carbocycles. The van der Waals surface area contributed by atoms with E-state index in [-0.39, 0.29) is 17.6 Å². The molecule has 0 saturated carbocycles. The third-order valence-corrected chi connectivity index (χ3v) is 8.85. The molecule has 4 rings (SSSR count). The van der Waals surface area contributed by atoms with E-state index in [1.54, 1.807) is 11.3 Å². The zero-order valence-electron chi connectivity index (χ0n) is 18.6. The van der Waals surface area contributed by atoms with Crippen LogP contribution in [0.5, 0.6) is 0 Å². The minimum atomic E-state index is -0.389. The largest absolute Gasteiger partial charge is 0.465 e. The van der Waals surface area contributed by atoms with Crippen LogP contribution in [0.1, 0.15) is 45.9 Å². The topological polar surface area (TPSA) is 86.1 Å². The van der Waals surface area contributed by atoms with E-state index in [1.165, 1.54) is 40.0 Å². The van der Waals surface area contributed by atoms with Crippen molar-refractivity contribution in [2.45, 2.75) is 44.7 Å². The van der Waals surface area contributed by atoms with Gasteiger partial charge in [0.05, 0.1) is 18.4 Å². The monoisotopic (exact) mass is 490 g/mol. The van der Waals surface area contributed by atoms with Crippen molar-refractivity contribution in [3.8, 4) is 11.4 Å². The number of thiophene rings is 2. The van der Waals surface area contributed by atoms with Gasteiger partial charge in [-0.3, -0.25) is 4.79 Å². The second kappa shape index (κ2) is 9.76. The average Bonchev–Trinajstić information content (AvgIpc) is 3.48. The van der Waals surface area contributed by atoms with E-state index in [0.29, 0.717) is 21.6 Å². The maximum atomic E-state index is 12.7. The molecule has 7 nitrogen and oxygen atoms in total. The van der Waals surface area contributed by atoms with Crippen molar-refractivity contribution in [3.05, 3.63) is 32.3 Å². The number of hydrogen-bond donors (Lipinski definition) is 1. The molecule has 170 valence electrons. The molecule has 3 aromatic heterocycles. The van der Waals surface area contributed by atoms with Crippen LogP contribution in [0.2, 0.25) is 0 Å². The summed E-state index contributed by atoms with van der Waals surface area (Å²) in [7, 11) is 3.28. The van der Waals surface area contributed by atoms with E-state index in [9.17, 15) is 9.59 Å². The number of carbonyl (C=O) groups excluding carboxylic acids is 2. The van der Waals surface area contributed by atoms with Crippen LogP contribution < -0.4 is 5.32 Å². The minimum Gasteiger partial charge on any atom is -0.465 e. The van der Waals surface area contributed by atoms with E-state index in [4.69, 9.17) is 4.74 Å². The highest BCUT2D eigenvalue weighted by atomic mass is 32.2. The third-order valence-electron chi connectivity index (χ3n) is 5.58. The van der Waals surface area contributed by atoms with Crippen molar-refractivity contribution in [3.63, 3.8) is 0 Å². The van der Waals surface area contributed by atoms with Crippen molar-refractivity contribution < 1.29 is 14.3 Å². The van der Waals surface area contributed by atoms with E-state index in [0.717, 1.165) is 42.6 Å². The van der Waals surface area contributed by atoms with Gasteiger partial charge in [-0.05, 0) is 43.2 Å². The zero-order chi connectivity index (χ0) is 22.8. The van der Waals surface area contributed by atoms with Crippen LogP contribution in [0, 0.1) is 5.92 Å². The molecular formula is C22H26N4O3S3. The highest BCUT2D eigenvalue weighted by Gasteiger charge is 2.29. The first-order valence-electron chi connectivity index (χ1n) is 10.5. The third kappa shape index (κ3) is 4.62.